The third-order valence-corrected chi connectivity index (χ3v) is 16.0. The summed E-state index contributed by atoms with van der Waals surface area (Å²) in [5, 5.41) is 6.34. The van der Waals surface area contributed by atoms with Crippen LogP contribution in [0.5, 0.6) is 5.75 Å². The lowest BCUT2D eigenvalue weighted by molar-refractivity contribution is -0.137. The second-order valence-electron chi connectivity index (χ2n) is 19.8. The van der Waals surface area contributed by atoms with Crippen molar-refractivity contribution in [2.24, 2.45) is 17.8 Å². The molecule has 0 radical (unpaired) electrons. The maximum atomic E-state index is 17.0. The molecule has 360 valence electrons. The molecule has 4 amide bonds. The van der Waals surface area contributed by atoms with Crippen molar-refractivity contribution in [3.05, 3.63) is 87.6 Å². The Bertz CT molecular complexity index is 3000. The number of aromatic nitrogens is 5. The zero-order chi connectivity index (χ0) is 48.0. The second kappa shape index (κ2) is 17.4. The van der Waals surface area contributed by atoms with Gasteiger partial charge in [-0.05, 0) is 105 Å². The molecule has 4 N–H and O–H groups in total. The largest absolute Gasteiger partial charge is 0.464 e. The molecule has 69 heavy (non-hydrogen) atoms. The van der Waals surface area contributed by atoms with E-state index in [2.05, 4.69) is 37.3 Å². The van der Waals surface area contributed by atoms with Crippen LogP contribution in [-0.4, -0.2) is 97.2 Å². The molecular weight excluding hydrogens is 902 g/mol. The SMILES string of the molecule is COC(=O)NC(C(=O)N1[C@@H]2C[C@@H]2C[C@H]1c1ncc(-c2ccc3c(c2)cc2n3C(c3cc4c(s3)CCC4)Oc3cc(-c4cnc([C@@H]5CCCN5C(=O)[C@@H](NC(=O)OC)C(C)C)[nH]4)cc(F)c3-2)[nH]1)C(C)C. The Morgan fingerprint density at radius 1 is 0.826 bits per heavy atom. The van der Waals surface area contributed by atoms with Gasteiger partial charge in [-0.25, -0.2) is 23.9 Å². The molecule has 2 aliphatic carbocycles. The van der Waals surface area contributed by atoms with E-state index in [0.29, 0.717) is 58.8 Å². The number of hydrogen-bond acceptors (Lipinski definition) is 10. The first-order chi connectivity index (χ1) is 33.3. The molecule has 4 aromatic heterocycles. The van der Waals surface area contributed by atoms with E-state index in [9.17, 15) is 19.2 Å². The Hall–Kier alpha value is -6.69. The average molecular weight is 958 g/mol. The minimum atomic E-state index is -0.766. The predicted molar refractivity (Wildman–Crippen MR) is 256 cm³/mol. The van der Waals surface area contributed by atoms with Gasteiger partial charge in [0, 0.05) is 34.0 Å². The average Bonchev–Trinajstić information content (AvgIpc) is 4.13. The molecule has 16 nitrogen and oxygen atoms in total. The summed E-state index contributed by atoms with van der Waals surface area (Å²) in [4.78, 5) is 74.8. The van der Waals surface area contributed by atoms with Crippen LogP contribution in [0.1, 0.15) is 105 Å². The normalized spacial score (nSPS) is 22.0. The van der Waals surface area contributed by atoms with E-state index < -0.39 is 36.3 Å². The maximum absolute atomic E-state index is 17.0. The Kier molecular flexibility index (Phi) is 11.3. The van der Waals surface area contributed by atoms with E-state index >= 15 is 4.39 Å². The molecule has 11 rings (SSSR count). The van der Waals surface area contributed by atoms with Gasteiger partial charge in [-0.2, -0.15) is 0 Å². The number of nitrogens with one attached hydrogen (secondary N) is 4. The first-order valence-electron chi connectivity index (χ1n) is 24.0. The highest BCUT2D eigenvalue weighted by atomic mass is 32.1. The fourth-order valence-electron chi connectivity index (χ4n) is 11.1. The molecule has 2 saturated heterocycles. The maximum Gasteiger partial charge on any atom is 0.407 e. The van der Waals surface area contributed by atoms with Crippen molar-refractivity contribution in [1.29, 1.82) is 0 Å². The van der Waals surface area contributed by atoms with Crippen LogP contribution >= 0.6 is 11.3 Å². The smallest absolute Gasteiger partial charge is 0.407 e. The van der Waals surface area contributed by atoms with Gasteiger partial charge in [0.05, 0.1) is 71.7 Å². The number of nitrogens with zero attached hydrogens (tertiary/aromatic N) is 5. The summed E-state index contributed by atoms with van der Waals surface area (Å²) in [6, 6.07) is 11.8. The number of ether oxygens (including phenoxy) is 3. The number of alkyl carbamates (subject to hydrolysis) is 2. The molecule has 3 aliphatic heterocycles. The van der Waals surface area contributed by atoms with E-state index in [1.807, 2.05) is 56.9 Å². The number of methoxy groups -OCH3 is 2. The monoisotopic (exact) mass is 957 g/mol. The molecule has 5 aliphatic rings. The molecule has 6 aromatic rings. The predicted octanol–water partition coefficient (Wildman–Crippen LogP) is 8.80. The van der Waals surface area contributed by atoms with Crippen molar-refractivity contribution in [3.63, 3.8) is 0 Å². The molecule has 0 bridgehead atoms. The molecule has 1 saturated carbocycles. The number of benzene rings is 2. The van der Waals surface area contributed by atoms with Crippen LogP contribution in [0.25, 0.3) is 44.7 Å². The number of piperidine rings is 1. The third kappa shape index (κ3) is 7.80. The number of hydrogen-bond donors (Lipinski definition) is 4. The fraction of sp³-hybridized carbons (Fsp3) is 0.451. The molecule has 7 atom stereocenters. The standard InChI is InChI=1S/C51H56FN9O7S/c1-24(2)43(57-50(64)66-5)47(62)59-14-8-10-35(59)45-53-23-33(56-45)28-16-31(52)42-37-18-29-15-26(12-13-34(29)61(37)49(68-39(42)20-28)41-21-27-9-7-11-40(27)69-41)32-22-54-46(55-32)38-19-30-17-36(30)60(38)48(63)44(25(3)4)58-51(65)67-6/h12-13,15-16,18,20-25,30,35-36,38,43-44,49H,7-11,14,17,19H2,1-6H3,(H,53,56)(H,54,55)(H,57,64)(H,58,65)/t30-,35+,36-,38+,43+,44?,49?/m1/s1. The molecule has 7 heterocycles. The molecule has 2 aromatic carbocycles. The van der Waals surface area contributed by atoms with Crippen molar-refractivity contribution in [1.82, 2.24) is 44.9 Å². The van der Waals surface area contributed by atoms with Crippen LogP contribution < -0.4 is 15.4 Å². The van der Waals surface area contributed by atoms with E-state index in [1.165, 1.54) is 30.7 Å². The first kappa shape index (κ1) is 44.8. The number of imidazole rings is 2. The number of carbonyl (C=O) groups is 4. The lowest BCUT2D eigenvalue weighted by Crippen LogP contribution is -2.52. The quantitative estimate of drug-likeness (QED) is 0.0984. The summed E-state index contributed by atoms with van der Waals surface area (Å²) in [6.45, 7) is 8.08. The number of H-pyrrole nitrogens is 2. The van der Waals surface area contributed by atoms with Gasteiger partial charge in [0.15, 0.2) is 0 Å². The first-order valence-corrected chi connectivity index (χ1v) is 24.8. The Labute approximate surface area is 402 Å². The van der Waals surface area contributed by atoms with Crippen LogP contribution in [0, 0.1) is 23.6 Å². The van der Waals surface area contributed by atoms with Crippen LogP contribution in [0.3, 0.4) is 0 Å². The zero-order valence-corrected chi connectivity index (χ0v) is 40.2. The highest BCUT2D eigenvalue weighted by Gasteiger charge is 2.56. The third-order valence-electron chi connectivity index (χ3n) is 14.8. The number of likely N-dealkylation sites (tertiary alicyclic amines) is 2. The van der Waals surface area contributed by atoms with Gasteiger partial charge in [-0.15, -0.1) is 11.3 Å². The number of thiophene rings is 1. The van der Waals surface area contributed by atoms with Crippen molar-refractivity contribution in [3.8, 4) is 39.5 Å². The summed E-state index contributed by atoms with van der Waals surface area (Å²) in [6.07, 6.45) is 7.96. The molecule has 0 spiro atoms. The molecule has 18 heteroatoms. The topological polar surface area (TPSA) is 189 Å². The Morgan fingerprint density at radius 3 is 2.22 bits per heavy atom. The zero-order valence-electron chi connectivity index (χ0n) is 39.4. The Balaban J connectivity index is 0.911. The summed E-state index contributed by atoms with van der Waals surface area (Å²) in [5.41, 5.74) is 6.10. The number of halogens is 1. The van der Waals surface area contributed by atoms with Crippen LogP contribution in [0.15, 0.2) is 54.9 Å². The minimum Gasteiger partial charge on any atom is -0.464 e. The highest BCUT2D eigenvalue weighted by molar-refractivity contribution is 7.12. The van der Waals surface area contributed by atoms with E-state index in [4.69, 9.17) is 24.2 Å². The number of amides is 4. The van der Waals surface area contributed by atoms with Crippen LogP contribution in [-0.2, 0) is 31.9 Å². The fourth-order valence-corrected chi connectivity index (χ4v) is 12.4. The number of carbonyl (C=O) groups excluding carboxylic acids is 4. The van der Waals surface area contributed by atoms with E-state index in [1.54, 1.807) is 28.6 Å². The second-order valence-corrected chi connectivity index (χ2v) is 20.9. The lowest BCUT2D eigenvalue weighted by atomic mass is 10.0. The number of aryl methyl sites for hydroxylation is 2. The Morgan fingerprint density at radius 2 is 1.52 bits per heavy atom. The van der Waals surface area contributed by atoms with Gasteiger partial charge >= 0.3 is 12.2 Å². The number of fused-ring (bicyclic) bond motifs is 7. The minimum absolute atomic E-state index is 0.110. The lowest BCUT2D eigenvalue weighted by Gasteiger charge is -2.31. The van der Waals surface area contributed by atoms with Crippen molar-refractivity contribution in [2.75, 3.05) is 20.8 Å². The van der Waals surface area contributed by atoms with Gasteiger partial charge in [-0.1, -0.05) is 33.8 Å². The summed E-state index contributed by atoms with van der Waals surface area (Å²) in [7, 11) is 2.56. The van der Waals surface area contributed by atoms with Crippen LogP contribution in [0.2, 0.25) is 0 Å². The number of aromatic amines is 2. The molecule has 3 fully saturated rings. The van der Waals surface area contributed by atoms with Gasteiger partial charge < -0.3 is 44.6 Å². The summed E-state index contributed by atoms with van der Waals surface area (Å²) in [5.74, 6) is 0.970. The summed E-state index contributed by atoms with van der Waals surface area (Å²) >= 11 is 1.75. The van der Waals surface area contributed by atoms with Crippen molar-refractivity contribution in [2.45, 2.75) is 109 Å². The van der Waals surface area contributed by atoms with E-state index in [-0.39, 0.29) is 41.8 Å². The van der Waals surface area contributed by atoms with Gasteiger partial charge in [0.1, 0.15) is 35.3 Å². The van der Waals surface area contributed by atoms with Gasteiger partial charge in [0.2, 0.25) is 18.0 Å². The van der Waals surface area contributed by atoms with Crippen LogP contribution in [0.4, 0.5) is 14.0 Å². The van der Waals surface area contributed by atoms with E-state index in [0.717, 1.165) is 65.6 Å². The molecule has 2 unspecified atom stereocenters. The number of rotatable bonds is 11. The van der Waals surface area contributed by atoms with Gasteiger partial charge in [0.25, 0.3) is 0 Å². The highest BCUT2D eigenvalue weighted by Crippen LogP contribution is 2.54. The van der Waals surface area contributed by atoms with Crippen molar-refractivity contribution >= 4 is 46.2 Å². The van der Waals surface area contributed by atoms with Gasteiger partial charge in [-0.3, -0.25) is 14.2 Å². The summed E-state index contributed by atoms with van der Waals surface area (Å²) < 4.78 is 35.6. The van der Waals surface area contributed by atoms with Crippen molar-refractivity contribution < 1.29 is 37.8 Å². The molecular formula is C51H56FN9O7S.